The van der Waals surface area contributed by atoms with E-state index in [1.807, 2.05) is 12.1 Å². The SMILES string of the molecule is CN1CCN(C[C@H](O)COc2ccc(CN3CCC(O)(CO)CC3)cc2)CC1. The van der Waals surface area contributed by atoms with Gasteiger partial charge in [0.25, 0.3) is 0 Å². The summed E-state index contributed by atoms with van der Waals surface area (Å²) in [4.78, 5) is 6.88. The van der Waals surface area contributed by atoms with Crippen molar-refractivity contribution in [2.75, 3.05) is 66.1 Å². The van der Waals surface area contributed by atoms with Crippen molar-refractivity contribution in [1.29, 1.82) is 0 Å². The Bertz CT molecular complexity index is 582. The first-order valence-electron chi connectivity index (χ1n) is 10.3. The molecule has 2 aliphatic heterocycles. The van der Waals surface area contributed by atoms with Gasteiger partial charge in [-0.1, -0.05) is 12.1 Å². The van der Waals surface area contributed by atoms with Crippen LogP contribution < -0.4 is 4.74 Å². The standard InChI is InChI=1S/C21H35N3O4/c1-22-10-12-24(13-11-22)15-19(26)16-28-20-4-2-18(3-5-20)14-23-8-6-21(27,17-25)7-9-23/h2-5,19,25-27H,6-17H2,1H3/t19-/m0/s1. The van der Waals surface area contributed by atoms with Gasteiger partial charge in [-0.15, -0.1) is 0 Å². The summed E-state index contributed by atoms with van der Waals surface area (Å²) in [5.74, 6) is 0.773. The van der Waals surface area contributed by atoms with Crippen molar-refractivity contribution in [1.82, 2.24) is 14.7 Å². The molecule has 2 aliphatic rings. The molecule has 2 fully saturated rings. The quantitative estimate of drug-likeness (QED) is 0.573. The number of benzene rings is 1. The molecule has 1 aromatic rings. The Morgan fingerprint density at radius 3 is 2.25 bits per heavy atom. The summed E-state index contributed by atoms with van der Waals surface area (Å²) < 4.78 is 5.76. The largest absolute Gasteiger partial charge is 0.491 e. The summed E-state index contributed by atoms with van der Waals surface area (Å²) in [7, 11) is 2.13. The lowest BCUT2D eigenvalue weighted by atomic mass is 9.92. The van der Waals surface area contributed by atoms with Crippen molar-refractivity contribution in [3.63, 3.8) is 0 Å². The summed E-state index contributed by atoms with van der Waals surface area (Å²) in [5.41, 5.74) is 0.291. The van der Waals surface area contributed by atoms with Gasteiger partial charge in [-0.2, -0.15) is 0 Å². The molecule has 0 amide bonds. The Labute approximate surface area is 168 Å². The number of nitrogens with zero attached hydrogens (tertiary/aromatic N) is 3. The smallest absolute Gasteiger partial charge is 0.119 e. The number of hydrogen-bond donors (Lipinski definition) is 3. The molecule has 0 saturated carbocycles. The molecule has 7 nitrogen and oxygen atoms in total. The van der Waals surface area contributed by atoms with Crippen LogP contribution in [0.15, 0.2) is 24.3 Å². The highest BCUT2D eigenvalue weighted by molar-refractivity contribution is 5.27. The first-order chi connectivity index (χ1) is 13.5. The van der Waals surface area contributed by atoms with Crippen LogP contribution in [0.3, 0.4) is 0 Å². The highest BCUT2D eigenvalue weighted by atomic mass is 16.5. The normalized spacial score (nSPS) is 22.9. The van der Waals surface area contributed by atoms with E-state index in [2.05, 4.69) is 33.9 Å². The van der Waals surface area contributed by atoms with Crippen molar-refractivity contribution >= 4 is 0 Å². The van der Waals surface area contributed by atoms with Crippen LogP contribution in [0.25, 0.3) is 0 Å². The molecule has 3 N–H and O–H groups in total. The van der Waals surface area contributed by atoms with E-state index in [4.69, 9.17) is 4.74 Å². The third-order valence-electron chi connectivity index (χ3n) is 5.92. The van der Waals surface area contributed by atoms with Gasteiger partial charge < -0.3 is 25.0 Å². The van der Waals surface area contributed by atoms with E-state index in [1.54, 1.807) is 0 Å². The molecule has 0 unspecified atom stereocenters. The molecule has 0 aliphatic carbocycles. The molecular weight excluding hydrogens is 358 g/mol. The van der Waals surface area contributed by atoms with Crippen LogP contribution in [0.1, 0.15) is 18.4 Å². The minimum atomic E-state index is -0.904. The predicted molar refractivity (Wildman–Crippen MR) is 108 cm³/mol. The topological polar surface area (TPSA) is 79.6 Å². The first-order valence-corrected chi connectivity index (χ1v) is 10.3. The van der Waals surface area contributed by atoms with E-state index in [-0.39, 0.29) is 6.61 Å². The maximum absolute atomic E-state index is 10.2. The van der Waals surface area contributed by atoms with Crippen molar-refractivity contribution in [2.45, 2.75) is 31.1 Å². The lowest BCUT2D eigenvalue weighted by Gasteiger charge is -2.37. The monoisotopic (exact) mass is 393 g/mol. The molecule has 3 rings (SSSR count). The summed E-state index contributed by atoms with van der Waals surface area (Å²) in [6.07, 6.45) is 0.730. The van der Waals surface area contributed by atoms with Gasteiger partial charge in [0.2, 0.25) is 0 Å². The Kier molecular flexibility index (Phi) is 7.68. The fraction of sp³-hybridized carbons (Fsp3) is 0.714. The Balaban J connectivity index is 1.37. The van der Waals surface area contributed by atoms with E-state index in [0.29, 0.717) is 26.0 Å². The van der Waals surface area contributed by atoms with Crippen LogP contribution in [0.2, 0.25) is 0 Å². The fourth-order valence-corrected chi connectivity index (χ4v) is 3.81. The molecule has 0 bridgehead atoms. The summed E-state index contributed by atoms with van der Waals surface area (Å²) >= 11 is 0. The second-order valence-corrected chi connectivity index (χ2v) is 8.37. The van der Waals surface area contributed by atoms with Gasteiger partial charge in [0.15, 0.2) is 0 Å². The van der Waals surface area contributed by atoms with E-state index in [9.17, 15) is 15.3 Å². The Morgan fingerprint density at radius 1 is 1.00 bits per heavy atom. The average Bonchev–Trinajstić information content (AvgIpc) is 2.71. The molecule has 28 heavy (non-hydrogen) atoms. The molecule has 158 valence electrons. The fourth-order valence-electron chi connectivity index (χ4n) is 3.81. The van der Waals surface area contributed by atoms with Crippen molar-refractivity contribution in [3.05, 3.63) is 29.8 Å². The van der Waals surface area contributed by atoms with E-state index in [1.165, 1.54) is 5.56 Å². The lowest BCUT2D eigenvalue weighted by molar-refractivity contribution is -0.0606. The third kappa shape index (κ3) is 6.40. The van der Waals surface area contributed by atoms with Crippen molar-refractivity contribution < 1.29 is 20.1 Å². The lowest BCUT2D eigenvalue weighted by Crippen LogP contribution is -2.47. The molecule has 1 atom stereocenters. The summed E-state index contributed by atoms with van der Waals surface area (Å²) in [6, 6.07) is 8.00. The number of likely N-dealkylation sites (N-methyl/N-ethyl adjacent to an activating group) is 1. The number of likely N-dealkylation sites (tertiary alicyclic amines) is 1. The third-order valence-corrected chi connectivity index (χ3v) is 5.92. The molecule has 0 aromatic heterocycles. The van der Waals surface area contributed by atoms with Gasteiger partial charge in [-0.3, -0.25) is 9.80 Å². The minimum absolute atomic E-state index is 0.159. The number of piperazine rings is 1. The van der Waals surface area contributed by atoms with Crippen molar-refractivity contribution in [3.8, 4) is 5.75 Å². The number of ether oxygens (including phenoxy) is 1. The summed E-state index contributed by atoms with van der Waals surface area (Å²) in [6.45, 7) is 7.28. The van der Waals surface area contributed by atoms with Gasteiger partial charge in [0, 0.05) is 52.4 Å². The Hall–Kier alpha value is -1.22. The second-order valence-electron chi connectivity index (χ2n) is 8.37. The minimum Gasteiger partial charge on any atom is -0.491 e. The molecule has 0 radical (unpaired) electrons. The Morgan fingerprint density at radius 2 is 1.64 bits per heavy atom. The van der Waals surface area contributed by atoms with E-state index >= 15 is 0 Å². The number of piperidine rings is 1. The maximum atomic E-state index is 10.2. The average molecular weight is 394 g/mol. The molecule has 7 heteroatoms. The van der Waals surface area contributed by atoms with Gasteiger partial charge in [-0.05, 0) is 37.6 Å². The van der Waals surface area contributed by atoms with Gasteiger partial charge in [0.05, 0.1) is 12.2 Å². The van der Waals surface area contributed by atoms with Crippen LogP contribution in [-0.2, 0) is 6.54 Å². The maximum Gasteiger partial charge on any atom is 0.119 e. The van der Waals surface area contributed by atoms with Gasteiger partial charge in [0.1, 0.15) is 18.5 Å². The van der Waals surface area contributed by atoms with Crippen molar-refractivity contribution in [2.24, 2.45) is 0 Å². The summed E-state index contributed by atoms with van der Waals surface area (Å²) in [5, 5.41) is 29.6. The number of rotatable bonds is 8. The van der Waals surface area contributed by atoms with Crippen LogP contribution in [0.5, 0.6) is 5.75 Å². The first kappa shape index (κ1) is 21.5. The zero-order chi connectivity index (χ0) is 20.0. The van der Waals surface area contributed by atoms with Crippen LogP contribution >= 0.6 is 0 Å². The van der Waals surface area contributed by atoms with E-state index in [0.717, 1.165) is 51.6 Å². The highest BCUT2D eigenvalue weighted by Crippen LogP contribution is 2.23. The molecule has 2 saturated heterocycles. The second kappa shape index (κ2) is 10.0. The molecule has 0 spiro atoms. The van der Waals surface area contributed by atoms with Gasteiger partial charge >= 0.3 is 0 Å². The molecular formula is C21H35N3O4. The number of aliphatic hydroxyl groups excluding tert-OH is 2. The number of β-amino-alcohol motifs (C(OH)–C–C–N with tert-alkyl or cyclic N) is 1. The number of aliphatic hydroxyl groups is 3. The van der Waals surface area contributed by atoms with Gasteiger partial charge in [-0.25, -0.2) is 0 Å². The van der Waals surface area contributed by atoms with E-state index < -0.39 is 11.7 Å². The van der Waals surface area contributed by atoms with Crippen LogP contribution in [-0.4, -0.2) is 108 Å². The highest BCUT2D eigenvalue weighted by Gasteiger charge is 2.31. The number of hydrogen-bond acceptors (Lipinski definition) is 7. The zero-order valence-corrected chi connectivity index (χ0v) is 17.0. The van der Waals surface area contributed by atoms with Crippen LogP contribution in [0, 0.1) is 0 Å². The predicted octanol–water partition coefficient (Wildman–Crippen LogP) is -0.00710. The van der Waals surface area contributed by atoms with Crippen LogP contribution in [0.4, 0.5) is 0 Å². The molecule has 2 heterocycles. The molecule has 1 aromatic carbocycles. The zero-order valence-electron chi connectivity index (χ0n) is 17.0.